The number of hydrogen-bond acceptors (Lipinski definition) is 4. The first-order valence-corrected chi connectivity index (χ1v) is 4.89. The molecule has 0 aliphatic rings. The molecular formula is C12H12N2O3. The molecule has 17 heavy (non-hydrogen) atoms. The molecule has 0 saturated heterocycles. The molecule has 0 bridgehead atoms. The lowest BCUT2D eigenvalue weighted by atomic mass is 10.3. The molecule has 0 fully saturated rings. The van der Waals surface area contributed by atoms with Gasteiger partial charge in [0, 0.05) is 6.20 Å². The molecule has 0 unspecified atom stereocenters. The minimum atomic E-state index is -0.636. The highest BCUT2D eigenvalue weighted by Gasteiger charge is 2.09. The van der Waals surface area contributed by atoms with Gasteiger partial charge in [0.05, 0.1) is 5.69 Å². The van der Waals surface area contributed by atoms with Crippen LogP contribution in [0.3, 0.4) is 0 Å². The van der Waals surface area contributed by atoms with Gasteiger partial charge in [0.1, 0.15) is 12.3 Å². The summed E-state index contributed by atoms with van der Waals surface area (Å²) in [4.78, 5) is 25.9. The molecule has 0 atom stereocenters. The summed E-state index contributed by atoms with van der Waals surface area (Å²) < 4.78 is 4.80. The first kappa shape index (κ1) is 12.6. The smallest absolute Gasteiger partial charge is 0.355 e. The molecule has 0 aromatic carbocycles. The molecule has 0 radical (unpaired) electrons. The van der Waals surface area contributed by atoms with E-state index in [0.29, 0.717) is 12.1 Å². The number of amides is 1. The quantitative estimate of drug-likeness (QED) is 0.342. The monoisotopic (exact) mass is 232 g/mol. The van der Waals surface area contributed by atoms with Gasteiger partial charge >= 0.3 is 5.97 Å². The number of hydrogen-bond donors (Lipinski definition) is 1. The Hall–Kier alpha value is -2.43. The third-order valence-corrected chi connectivity index (χ3v) is 1.75. The number of esters is 1. The first-order valence-electron chi connectivity index (χ1n) is 4.89. The Morgan fingerprint density at radius 1 is 1.53 bits per heavy atom. The summed E-state index contributed by atoms with van der Waals surface area (Å²) in [5.41, 5.74) is 0.577. The van der Waals surface area contributed by atoms with Gasteiger partial charge in [0.25, 0.3) is 0 Å². The molecule has 1 amide bonds. The minimum Gasteiger partial charge on any atom is -0.457 e. The molecule has 0 aliphatic carbocycles. The lowest BCUT2D eigenvalue weighted by molar-refractivity contribution is -0.138. The molecule has 5 nitrogen and oxygen atoms in total. The Morgan fingerprint density at radius 3 is 2.94 bits per heavy atom. The van der Waals surface area contributed by atoms with Crippen LogP contribution in [-0.4, -0.2) is 24.0 Å². The van der Waals surface area contributed by atoms with E-state index >= 15 is 0 Å². The van der Waals surface area contributed by atoms with Gasteiger partial charge in [-0.3, -0.25) is 9.78 Å². The van der Waals surface area contributed by atoms with E-state index in [9.17, 15) is 9.59 Å². The van der Waals surface area contributed by atoms with Gasteiger partial charge in [-0.2, -0.15) is 0 Å². The van der Waals surface area contributed by atoms with Crippen LogP contribution >= 0.6 is 0 Å². The molecule has 88 valence electrons. The van der Waals surface area contributed by atoms with Gasteiger partial charge in [0.2, 0.25) is 6.41 Å². The van der Waals surface area contributed by atoms with Crippen LogP contribution in [0.1, 0.15) is 5.69 Å². The molecule has 0 aliphatic heterocycles. The van der Waals surface area contributed by atoms with Crippen LogP contribution in [0.4, 0.5) is 0 Å². The molecular weight excluding hydrogens is 220 g/mol. The minimum absolute atomic E-state index is 0.0283. The van der Waals surface area contributed by atoms with Crippen LogP contribution < -0.4 is 5.32 Å². The highest BCUT2D eigenvalue weighted by Crippen LogP contribution is 2.02. The Balaban J connectivity index is 2.84. The summed E-state index contributed by atoms with van der Waals surface area (Å²) in [5, 5.41) is 2.27. The summed E-state index contributed by atoms with van der Waals surface area (Å²) in [5.74, 6) is -0.636. The van der Waals surface area contributed by atoms with Gasteiger partial charge in [-0.15, -0.1) is 0 Å². The van der Waals surface area contributed by atoms with E-state index in [1.165, 1.54) is 12.2 Å². The number of aromatic nitrogens is 1. The number of carbonyl (C=O) groups is 2. The molecule has 1 N–H and O–H groups in total. The van der Waals surface area contributed by atoms with Crippen molar-refractivity contribution in [1.29, 1.82) is 0 Å². The zero-order valence-corrected chi connectivity index (χ0v) is 9.13. The lowest BCUT2D eigenvalue weighted by Gasteiger charge is -2.04. The van der Waals surface area contributed by atoms with E-state index in [4.69, 9.17) is 4.74 Å². The van der Waals surface area contributed by atoms with E-state index in [1.54, 1.807) is 24.4 Å². The fourth-order valence-electron chi connectivity index (χ4n) is 1.04. The first-order chi connectivity index (χ1) is 8.27. The largest absolute Gasteiger partial charge is 0.457 e. The summed E-state index contributed by atoms with van der Waals surface area (Å²) in [6.07, 6.45) is 4.86. The molecule has 1 heterocycles. The Labute approximate surface area is 98.8 Å². The van der Waals surface area contributed by atoms with Crippen molar-refractivity contribution in [2.24, 2.45) is 0 Å². The standard InChI is InChI=1S/C12H12N2O3/c1-2-7-17-12(16)11(14-9-15)8-10-5-3-4-6-13-10/h2-6,8-9H,1,7H2,(H,14,15)/b11-8-. The number of ether oxygens (including phenoxy) is 1. The third-order valence-electron chi connectivity index (χ3n) is 1.75. The van der Waals surface area contributed by atoms with Crippen molar-refractivity contribution in [2.75, 3.05) is 6.61 Å². The van der Waals surface area contributed by atoms with Crippen LogP contribution in [0.25, 0.3) is 6.08 Å². The molecule has 5 heteroatoms. The fourth-order valence-corrected chi connectivity index (χ4v) is 1.04. The van der Waals surface area contributed by atoms with Crippen LogP contribution in [0.2, 0.25) is 0 Å². The second kappa shape index (κ2) is 6.95. The fraction of sp³-hybridized carbons (Fsp3) is 0.0833. The molecule has 0 spiro atoms. The average molecular weight is 232 g/mol. The number of pyridine rings is 1. The van der Waals surface area contributed by atoms with Crippen molar-refractivity contribution < 1.29 is 14.3 Å². The zero-order chi connectivity index (χ0) is 12.5. The van der Waals surface area contributed by atoms with Crippen LogP contribution in [0.5, 0.6) is 0 Å². The van der Waals surface area contributed by atoms with Gasteiger partial charge in [-0.25, -0.2) is 4.79 Å². The number of nitrogens with one attached hydrogen (secondary N) is 1. The second-order valence-corrected chi connectivity index (χ2v) is 2.96. The Kier molecular flexibility index (Phi) is 5.16. The van der Waals surface area contributed by atoms with E-state index < -0.39 is 5.97 Å². The molecule has 1 rings (SSSR count). The SMILES string of the molecule is C=CCOC(=O)/C(=C/c1ccccn1)NC=O. The molecule has 1 aromatic heterocycles. The van der Waals surface area contributed by atoms with Gasteiger partial charge in [-0.05, 0) is 18.2 Å². The van der Waals surface area contributed by atoms with E-state index in [1.807, 2.05) is 0 Å². The van der Waals surface area contributed by atoms with Gasteiger partial charge in [-0.1, -0.05) is 18.7 Å². The van der Waals surface area contributed by atoms with Crippen LogP contribution in [-0.2, 0) is 14.3 Å². The van der Waals surface area contributed by atoms with Crippen molar-refractivity contribution in [3.05, 3.63) is 48.4 Å². The maximum atomic E-state index is 11.5. The maximum Gasteiger partial charge on any atom is 0.355 e. The second-order valence-electron chi connectivity index (χ2n) is 2.96. The summed E-state index contributed by atoms with van der Waals surface area (Å²) in [6.45, 7) is 3.51. The summed E-state index contributed by atoms with van der Waals surface area (Å²) in [7, 11) is 0. The average Bonchev–Trinajstić information content (AvgIpc) is 2.36. The van der Waals surface area contributed by atoms with E-state index in [0.717, 1.165) is 0 Å². The van der Waals surface area contributed by atoms with Crippen molar-refractivity contribution in [3.8, 4) is 0 Å². The molecule has 0 saturated carbocycles. The van der Waals surface area contributed by atoms with Gasteiger partial charge in [0.15, 0.2) is 0 Å². The predicted molar refractivity (Wildman–Crippen MR) is 62.6 cm³/mol. The highest BCUT2D eigenvalue weighted by atomic mass is 16.5. The summed E-state index contributed by atoms with van der Waals surface area (Å²) >= 11 is 0. The number of nitrogens with zero attached hydrogens (tertiary/aromatic N) is 1. The van der Waals surface area contributed by atoms with E-state index in [2.05, 4.69) is 16.9 Å². The predicted octanol–water partition coefficient (Wildman–Crippen LogP) is 0.898. The van der Waals surface area contributed by atoms with Crippen molar-refractivity contribution >= 4 is 18.5 Å². The topological polar surface area (TPSA) is 68.3 Å². The molecule has 1 aromatic rings. The number of rotatable bonds is 6. The lowest BCUT2D eigenvalue weighted by Crippen LogP contribution is -2.21. The van der Waals surface area contributed by atoms with Crippen molar-refractivity contribution in [1.82, 2.24) is 10.3 Å². The third kappa shape index (κ3) is 4.29. The number of carbonyl (C=O) groups excluding carboxylic acids is 2. The van der Waals surface area contributed by atoms with Crippen molar-refractivity contribution in [2.45, 2.75) is 0 Å². The summed E-state index contributed by atoms with van der Waals surface area (Å²) in [6, 6.07) is 5.22. The highest BCUT2D eigenvalue weighted by molar-refractivity contribution is 5.94. The van der Waals surface area contributed by atoms with E-state index in [-0.39, 0.29) is 12.3 Å². The van der Waals surface area contributed by atoms with Crippen molar-refractivity contribution in [3.63, 3.8) is 0 Å². The van der Waals surface area contributed by atoms with Crippen LogP contribution in [0.15, 0.2) is 42.7 Å². The maximum absolute atomic E-state index is 11.5. The Bertz CT molecular complexity index is 427. The van der Waals surface area contributed by atoms with Crippen LogP contribution in [0, 0.1) is 0 Å². The normalized spacial score (nSPS) is 10.5. The Morgan fingerprint density at radius 2 is 2.35 bits per heavy atom. The van der Waals surface area contributed by atoms with Gasteiger partial charge < -0.3 is 10.1 Å². The zero-order valence-electron chi connectivity index (χ0n) is 9.13.